The van der Waals surface area contributed by atoms with Crippen molar-refractivity contribution in [3.05, 3.63) is 156 Å². The highest BCUT2D eigenvalue weighted by Crippen LogP contribution is 2.63. The van der Waals surface area contributed by atoms with Crippen LogP contribution in [0.25, 0.3) is 0 Å². The summed E-state index contributed by atoms with van der Waals surface area (Å²) in [6.45, 7) is 0. The fourth-order valence-corrected chi connectivity index (χ4v) is 15.6. The topological polar surface area (TPSA) is 0 Å². The Bertz CT molecular complexity index is 1450. The number of benzene rings is 5. The molecule has 1 atom stereocenters. The summed E-state index contributed by atoms with van der Waals surface area (Å²) in [7, 11) is 0. The Morgan fingerprint density at radius 1 is 0.486 bits per heavy atom. The third-order valence-electron chi connectivity index (χ3n) is 6.75. The summed E-state index contributed by atoms with van der Waals surface area (Å²) < 4.78 is 1.06. The minimum absolute atomic E-state index is 0.0756. The predicted molar refractivity (Wildman–Crippen MR) is 175 cm³/mol. The molecular formula is C32H27BrP2S2. The Morgan fingerprint density at radius 3 is 1.22 bits per heavy atom. The molecule has 184 valence electrons. The summed E-state index contributed by atoms with van der Waals surface area (Å²) in [6, 6.07) is 47.1. The van der Waals surface area contributed by atoms with Gasteiger partial charge in [0, 0.05) is 22.2 Å². The molecule has 0 aliphatic heterocycles. The van der Waals surface area contributed by atoms with Gasteiger partial charge in [0.2, 0.25) is 0 Å². The molecule has 0 nitrogen and oxygen atoms in total. The van der Waals surface area contributed by atoms with Crippen LogP contribution in [0.1, 0.15) is 11.2 Å². The molecule has 0 aromatic heterocycles. The first kappa shape index (κ1) is 26.5. The number of hydrogen-bond acceptors (Lipinski definition) is 2. The van der Waals surface area contributed by atoms with Crippen LogP contribution in [0.15, 0.2) is 150 Å². The van der Waals surface area contributed by atoms with E-state index < -0.39 is 12.1 Å². The van der Waals surface area contributed by atoms with E-state index in [1.165, 1.54) is 26.8 Å². The second-order valence-electron chi connectivity index (χ2n) is 8.99. The van der Waals surface area contributed by atoms with Gasteiger partial charge in [0.15, 0.2) is 0 Å². The normalized spacial score (nSPS) is 12.7. The molecule has 0 spiro atoms. The highest BCUT2D eigenvalue weighted by molar-refractivity contribution is 9.10. The lowest BCUT2D eigenvalue weighted by Crippen LogP contribution is -2.27. The van der Waals surface area contributed by atoms with Crippen molar-refractivity contribution >= 4 is 72.8 Å². The minimum atomic E-state index is -2.33. The lowest BCUT2D eigenvalue weighted by Gasteiger charge is -2.37. The van der Waals surface area contributed by atoms with Gasteiger partial charge in [-0.1, -0.05) is 173 Å². The van der Waals surface area contributed by atoms with Crippen LogP contribution in [-0.4, -0.2) is 6.16 Å². The van der Waals surface area contributed by atoms with Crippen molar-refractivity contribution in [2.75, 3.05) is 6.16 Å². The first-order valence-corrected chi connectivity index (χ1v) is 18.8. The van der Waals surface area contributed by atoms with E-state index in [1.54, 1.807) is 0 Å². The molecule has 0 heterocycles. The smallest absolute Gasteiger partial charge is 0.0260 e. The highest BCUT2D eigenvalue weighted by Gasteiger charge is 2.38. The SMILES string of the molecule is S=P(CC(c1ccc(Br)cc1)P(=S)(c1ccccc1)c1ccccc1)(c1ccccc1)c1ccccc1. The highest BCUT2D eigenvalue weighted by atomic mass is 79.9. The van der Waals surface area contributed by atoms with Gasteiger partial charge < -0.3 is 0 Å². The van der Waals surface area contributed by atoms with E-state index in [1.807, 2.05) is 0 Å². The van der Waals surface area contributed by atoms with Crippen molar-refractivity contribution in [3.63, 3.8) is 0 Å². The zero-order valence-corrected chi connectivity index (χ0v) is 25.2. The maximum Gasteiger partial charge on any atom is 0.0260 e. The van der Waals surface area contributed by atoms with Crippen LogP contribution in [0.2, 0.25) is 0 Å². The third-order valence-corrected chi connectivity index (χ3v) is 17.9. The van der Waals surface area contributed by atoms with Crippen molar-refractivity contribution in [2.45, 2.75) is 5.66 Å². The van der Waals surface area contributed by atoms with Gasteiger partial charge in [0.1, 0.15) is 0 Å². The summed E-state index contributed by atoms with van der Waals surface area (Å²) in [5.41, 5.74) is 1.33. The number of halogens is 1. The van der Waals surface area contributed by atoms with E-state index in [0.717, 1.165) is 10.6 Å². The molecule has 0 saturated heterocycles. The predicted octanol–water partition coefficient (Wildman–Crippen LogP) is 7.75. The fourth-order valence-electron chi connectivity index (χ4n) is 4.86. The van der Waals surface area contributed by atoms with E-state index in [-0.39, 0.29) is 5.66 Å². The maximum absolute atomic E-state index is 6.91. The molecule has 0 aliphatic carbocycles. The van der Waals surface area contributed by atoms with Crippen molar-refractivity contribution in [3.8, 4) is 0 Å². The minimum Gasteiger partial charge on any atom is -0.0876 e. The Hall–Kier alpha value is -2.12. The van der Waals surface area contributed by atoms with E-state index in [0.29, 0.717) is 0 Å². The first-order chi connectivity index (χ1) is 18.0. The molecule has 0 aliphatic rings. The fraction of sp³-hybridized carbons (Fsp3) is 0.0625. The van der Waals surface area contributed by atoms with Gasteiger partial charge in [0.25, 0.3) is 0 Å². The van der Waals surface area contributed by atoms with Gasteiger partial charge in [-0.25, -0.2) is 0 Å². The van der Waals surface area contributed by atoms with Gasteiger partial charge in [0.05, 0.1) is 0 Å². The molecule has 5 heteroatoms. The van der Waals surface area contributed by atoms with Crippen LogP contribution in [0, 0.1) is 0 Å². The van der Waals surface area contributed by atoms with Crippen LogP contribution >= 0.6 is 28.0 Å². The largest absolute Gasteiger partial charge is 0.0876 e. The lowest BCUT2D eigenvalue weighted by atomic mass is 10.2. The van der Waals surface area contributed by atoms with Crippen molar-refractivity contribution in [2.24, 2.45) is 0 Å². The molecule has 5 aromatic carbocycles. The van der Waals surface area contributed by atoms with E-state index in [9.17, 15) is 0 Å². The maximum atomic E-state index is 6.91. The lowest BCUT2D eigenvalue weighted by molar-refractivity contribution is 1.10. The first-order valence-electron chi connectivity index (χ1n) is 12.2. The third kappa shape index (κ3) is 5.53. The molecule has 0 fully saturated rings. The Balaban J connectivity index is 1.78. The van der Waals surface area contributed by atoms with Gasteiger partial charge >= 0.3 is 0 Å². The van der Waals surface area contributed by atoms with Gasteiger partial charge in [-0.3, -0.25) is 0 Å². The zero-order chi connectivity index (χ0) is 25.7. The van der Waals surface area contributed by atoms with Crippen molar-refractivity contribution in [1.29, 1.82) is 0 Å². The summed E-state index contributed by atoms with van der Waals surface area (Å²) in [5, 5.41) is 4.93. The van der Waals surface area contributed by atoms with Gasteiger partial charge in [-0.2, -0.15) is 0 Å². The Morgan fingerprint density at radius 2 is 0.838 bits per heavy atom. The van der Waals surface area contributed by atoms with Crippen molar-refractivity contribution < 1.29 is 0 Å². The molecule has 0 bridgehead atoms. The number of hydrogen-bond donors (Lipinski definition) is 0. The molecule has 0 N–H and O–H groups in total. The molecule has 1 unspecified atom stereocenters. The summed E-state index contributed by atoms with van der Waals surface area (Å²) in [4.78, 5) is 0. The van der Waals surface area contributed by atoms with Crippen molar-refractivity contribution in [1.82, 2.24) is 0 Å². The summed E-state index contributed by atoms with van der Waals surface area (Å²) in [5.74, 6) is 0. The molecule has 0 saturated carbocycles. The van der Waals surface area contributed by atoms with E-state index in [4.69, 9.17) is 23.6 Å². The van der Waals surface area contributed by atoms with E-state index in [2.05, 4.69) is 162 Å². The summed E-state index contributed by atoms with van der Waals surface area (Å²) >= 11 is 17.3. The molecule has 5 rings (SSSR count). The summed E-state index contributed by atoms with van der Waals surface area (Å²) in [6.07, 6.45) is 0.819. The Labute approximate surface area is 238 Å². The van der Waals surface area contributed by atoms with Gasteiger partial charge in [-0.15, -0.1) is 0 Å². The average molecular weight is 618 g/mol. The molecule has 37 heavy (non-hydrogen) atoms. The van der Waals surface area contributed by atoms with Crippen LogP contribution in [0.4, 0.5) is 0 Å². The van der Waals surface area contributed by atoms with Crippen LogP contribution in [-0.2, 0) is 23.6 Å². The molecule has 0 amide bonds. The van der Waals surface area contributed by atoms with Gasteiger partial charge in [-0.05, 0) is 45.1 Å². The number of rotatable bonds is 8. The Kier molecular flexibility index (Phi) is 8.40. The molecular weight excluding hydrogens is 590 g/mol. The zero-order valence-electron chi connectivity index (χ0n) is 20.2. The van der Waals surface area contributed by atoms with Crippen LogP contribution in [0.3, 0.4) is 0 Å². The van der Waals surface area contributed by atoms with E-state index >= 15 is 0 Å². The second-order valence-corrected chi connectivity index (χ2v) is 19.4. The van der Waals surface area contributed by atoms with Crippen LogP contribution in [0.5, 0.6) is 0 Å². The molecule has 0 radical (unpaired) electrons. The average Bonchev–Trinajstić information content (AvgIpc) is 2.98. The standard InChI is InChI=1S/C32H27BrP2S2/c33-27-23-21-26(22-24-27)32(35(37,30-17-9-3-10-18-30)31-19-11-4-12-20-31)25-34(36,28-13-5-1-6-14-28)29-15-7-2-8-16-29/h1-24,32H,25H2. The van der Waals surface area contributed by atoms with Crippen LogP contribution < -0.4 is 21.2 Å². The monoisotopic (exact) mass is 616 g/mol. The second kappa shape index (κ2) is 11.7. The quantitative estimate of drug-likeness (QED) is 0.163. The molecule has 5 aromatic rings.